The Bertz CT molecular complexity index is 2200. The highest BCUT2D eigenvalue weighted by atomic mass is 14.6. The number of allylic oxidation sites excluding steroid dienone is 6. The molecule has 0 saturated heterocycles. The fraction of sp³-hybridized carbons (Fsp3) is 0.433. The lowest BCUT2D eigenvalue weighted by atomic mass is 9.72. The van der Waals surface area contributed by atoms with E-state index in [2.05, 4.69) is 196 Å². The Morgan fingerprint density at radius 2 is 0.500 bits per heavy atom. The molecule has 4 aromatic rings. The molecule has 2 aliphatic carbocycles. The quantitative estimate of drug-likeness (QED) is 0.143. The SMILES string of the molecule is CC(C)c1cccc(C(C)C)c1C1=C/C(=C2/C=C(c3c(C(C)C)cccc3C(C)C)CC(c3c(C(C)C)cccc3C(C)C)=C2[NH3+])C([NH3+])=C(c2c(C(C)C)cccc2C(C)C)C1. The fourth-order valence-corrected chi connectivity index (χ4v) is 10.5. The Morgan fingerprint density at radius 1 is 0.306 bits per heavy atom. The van der Waals surface area contributed by atoms with E-state index in [9.17, 15) is 0 Å². The summed E-state index contributed by atoms with van der Waals surface area (Å²) in [6.07, 6.45) is 6.78. The van der Waals surface area contributed by atoms with Crippen LogP contribution in [0.25, 0.3) is 22.3 Å². The van der Waals surface area contributed by atoms with Gasteiger partial charge in [0.25, 0.3) is 0 Å². The highest BCUT2D eigenvalue weighted by molar-refractivity contribution is 5.95. The van der Waals surface area contributed by atoms with Crippen LogP contribution >= 0.6 is 0 Å². The van der Waals surface area contributed by atoms with Gasteiger partial charge in [-0.05, 0) is 137 Å². The lowest BCUT2D eigenvalue weighted by Crippen LogP contribution is -2.53. The van der Waals surface area contributed by atoms with Crippen LogP contribution in [-0.2, 0) is 0 Å². The molecule has 62 heavy (non-hydrogen) atoms. The van der Waals surface area contributed by atoms with Crippen LogP contribution < -0.4 is 11.5 Å². The maximum Gasteiger partial charge on any atom is 0.140 e. The first kappa shape index (κ1) is 47.0. The normalized spacial score (nSPS) is 16.5. The second-order valence-corrected chi connectivity index (χ2v) is 20.9. The van der Waals surface area contributed by atoms with Crippen LogP contribution in [0, 0.1) is 0 Å². The molecule has 0 amide bonds. The van der Waals surface area contributed by atoms with Crippen molar-refractivity contribution in [2.45, 2.75) is 171 Å². The van der Waals surface area contributed by atoms with Crippen LogP contribution in [0.2, 0.25) is 0 Å². The first-order chi connectivity index (χ1) is 29.3. The molecule has 0 aromatic heterocycles. The van der Waals surface area contributed by atoms with Gasteiger partial charge in [-0.3, -0.25) is 0 Å². The lowest BCUT2D eigenvalue weighted by Gasteiger charge is -2.31. The molecule has 2 heteroatoms. The minimum absolute atomic E-state index is 0.365. The van der Waals surface area contributed by atoms with E-state index in [1.807, 2.05) is 0 Å². The van der Waals surface area contributed by atoms with Gasteiger partial charge in [-0.2, -0.15) is 0 Å². The second-order valence-electron chi connectivity index (χ2n) is 20.9. The first-order valence-corrected chi connectivity index (χ1v) is 24.0. The maximum absolute atomic E-state index is 5.17. The van der Waals surface area contributed by atoms with Crippen molar-refractivity contribution in [2.24, 2.45) is 0 Å². The van der Waals surface area contributed by atoms with E-state index in [1.54, 1.807) is 0 Å². The summed E-state index contributed by atoms with van der Waals surface area (Å²) in [5, 5.41) is 0. The molecule has 0 unspecified atom stereocenters. The third kappa shape index (κ3) is 8.98. The molecule has 0 bridgehead atoms. The van der Waals surface area contributed by atoms with Gasteiger partial charge in [0.15, 0.2) is 0 Å². The Morgan fingerprint density at radius 3 is 0.694 bits per heavy atom. The largest absolute Gasteiger partial charge is 0.324 e. The standard InChI is InChI=1S/C60H78N2/c1-33(2)43-21-17-22-44(34(3)4)55(43)41-29-51(59(61)53(31-41)57-47(37(9)10)25-19-26-48(57)38(11)12)52-30-42(56-45(35(5)6)23-18-24-46(56)36(7)8)32-54(60(52)62)58-49(39(13)14)27-20-28-50(58)40(15)16/h17-30,33-40H,31-32,61-62H2,1-16H3/p+2/b52-51+. The predicted molar refractivity (Wildman–Crippen MR) is 270 cm³/mol. The van der Waals surface area contributed by atoms with Crippen LogP contribution in [0.1, 0.15) is 238 Å². The third-order valence-electron chi connectivity index (χ3n) is 13.8. The Hall–Kier alpha value is -4.50. The zero-order valence-corrected chi connectivity index (χ0v) is 41.5. The molecule has 2 nitrogen and oxygen atoms in total. The molecule has 0 saturated carbocycles. The molecular weight excluding hydrogens is 749 g/mol. The maximum atomic E-state index is 5.17. The summed E-state index contributed by atoms with van der Waals surface area (Å²) in [5.74, 6) is 2.97. The van der Waals surface area contributed by atoms with Gasteiger partial charge >= 0.3 is 0 Å². The van der Waals surface area contributed by atoms with Crippen molar-refractivity contribution in [1.29, 1.82) is 0 Å². The van der Waals surface area contributed by atoms with Crippen LogP contribution in [0.5, 0.6) is 0 Å². The Labute approximate surface area is 377 Å². The van der Waals surface area contributed by atoms with Gasteiger partial charge in [-0.15, -0.1) is 0 Å². The molecule has 328 valence electrons. The van der Waals surface area contributed by atoms with Crippen molar-refractivity contribution in [3.8, 4) is 0 Å². The number of quaternary nitrogens is 2. The monoisotopic (exact) mass is 829 g/mol. The van der Waals surface area contributed by atoms with E-state index in [0.29, 0.717) is 47.3 Å². The van der Waals surface area contributed by atoms with Gasteiger partial charge in [0, 0.05) is 35.1 Å². The van der Waals surface area contributed by atoms with E-state index in [4.69, 9.17) is 11.5 Å². The minimum Gasteiger partial charge on any atom is -0.324 e. The molecule has 0 spiro atoms. The van der Waals surface area contributed by atoms with Crippen molar-refractivity contribution in [2.75, 3.05) is 0 Å². The van der Waals surface area contributed by atoms with E-state index < -0.39 is 0 Å². The highest BCUT2D eigenvalue weighted by Crippen LogP contribution is 2.50. The fourth-order valence-electron chi connectivity index (χ4n) is 10.5. The average Bonchev–Trinajstić information content (AvgIpc) is 3.22. The molecule has 2 aliphatic rings. The van der Waals surface area contributed by atoms with Crippen molar-refractivity contribution in [3.05, 3.63) is 174 Å². The summed E-state index contributed by atoms with van der Waals surface area (Å²) in [7, 11) is 0. The van der Waals surface area contributed by atoms with E-state index in [0.717, 1.165) is 24.2 Å². The van der Waals surface area contributed by atoms with Crippen molar-refractivity contribution >= 4 is 22.3 Å². The van der Waals surface area contributed by atoms with Crippen molar-refractivity contribution < 1.29 is 11.5 Å². The smallest absolute Gasteiger partial charge is 0.140 e. The van der Waals surface area contributed by atoms with Gasteiger partial charge in [-0.1, -0.05) is 184 Å². The third-order valence-corrected chi connectivity index (χ3v) is 13.8. The summed E-state index contributed by atoms with van der Waals surface area (Å²) < 4.78 is 0. The van der Waals surface area contributed by atoms with Gasteiger partial charge in [0.2, 0.25) is 0 Å². The Kier molecular flexibility index (Phi) is 14.5. The summed E-state index contributed by atoms with van der Waals surface area (Å²) >= 11 is 0. The van der Waals surface area contributed by atoms with Crippen LogP contribution in [0.15, 0.2) is 107 Å². The summed E-state index contributed by atoms with van der Waals surface area (Å²) in [4.78, 5) is 0. The molecular formula is C60H80N2+2. The van der Waals surface area contributed by atoms with Gasteiger partial charge in [0.05, 0.1) is 0 Å². The molecule has 0 radical (unpaired) electrons. The molecule has 0 heterocycles. The molecule has 0 aliphatic heterocycles. The predicted octanol–water partition coefficient (Wildman–Crippen LogP) is 15.6. The van der Waals surface area contributed by atoms with E-state index in [1.165, 1.54) is 100 Å². The molecule has 4 aromatic carbocycles. The first-order valence-electron chi connectivity index (χ1n) is 24.0. The number of hydrogen-bond acceptors (Lipinski definition) is 0. The number of benzene rings is 4. The van der Waals surface area contributed by atoms with E-state index >= 15 is 0 Å². The zero-order chi connectivity index (χ0) is 45.5. The Balaban J connectivity index is 1.88. The van der Waals surface area contributed by atoms with Crippen LogP contribution in [0.3, 0.4) is 0 Å². The van der Waals surface area contributed by atoms with Crippen LogP contribution in [0.4, 0.5) is 0 Å². The summed E-state index contributed by atoms with van der Waals surface area (Å²) in [5.41, 5.74) is 37.5. The summed E-state index contributed by atoms with van der Waals surface area (Å²) in [6, 6.07) is 28.1. The van der Waals surface area contributed by atoms with Gasteiger partial charge < -0.3 is 11.5 Å². The van der Waals surface area contributed by atoms with Crippen LogP contribution in [-0.4, -0.2) is 0 Å². The summed E-state index contributed by atoms with van der Waals surface area (Å²) in [6.45, 7) is 37.7. The second kappa shape index (κ2) is 19.1. The molecule has 0 fully saturated rings. The van der Waals surface area contributed by atoms with Crippen molar-refractivity contribution in [1.82, 2.24) is 0 Å². The van der Waals surface area contributed by atoms with Gasteiger partial charge in [0.1, 0.15) is 11.4 Å². The van der Waals surface area contributed by atoms with Crippen molar-refractivity contribution in [3.63, 3.8) is 0 Å². The lowest BCUT2D eigenvalue weighted by molar-refractivity contribution is -0.301. The average molecular weight is 829 g/mol. The highest BCUT2D eigenvalue weighted by Gasteiger charge is 2.35. The molecule has 6 N–H and O–H groups in total. The zero-order valence-electron chi connectivity index (χ0n) is 41.5. The molecule has 6 rings (SSSR count). The van der Waals surface area contributed by atoms with E-state index in [-0.39, 0.29) is 0 Å². The number of rotatable bonds is 12. The number of hydrogen-bond donors (Lipinski definition) is 2. The minimum atomic E-state index is 0.365. The van der Waals surface area contributed by atoms with Gasteiger partial charge in [-0.25, -0.2) is 0 Å². The molecule has 0 atom stereocenters. The topological polar surface area (TPSA) is 55.3 Å².